The lowest BCUT2D eigenvalue weighted by molar-refractivity contribution is 0.342. The van der Waals surface area contributed by atoms with Gasteiger partial charge in [-0.25, -0.2) is 0 Å². The first-order chi connectivity index (χ1) is 10.4. The summed E-state index contributed by atoms with van der Waals surface area (Å²) in [5, 5.41) is 16.6. The second-order valence-corrected chi connectivity index (χ2v) is 5.05. The maximum absolute atomic E-state index is 3.35. The molecule has 21 heavy (non-hydrogen) atoms. The van der Waals surface area contributed by atoms with Crippen molar-refractivity contribution >= 4 is 22.6 Å². The van der Waals surface area contributed by atoms with Crippen molar-refractivity contribution in [2.45, 2.75) is 0 Å². The van der Waals surface area contributed by atoms with E-state index < -0.39 is 0 Å². The Morgan fingerprint density at radius 2 is 0.762 bits per heavy atom. The topological polar surface area (TPSA) is 63.4 Å². The smallest absolute Gasteiger partial charge is 0.0104 e. The molecule has 0 saturated carbocycles. The van der Waals surface area contributed by atoms with Crippen LogP contribution in [0.25, 0.3) is 0 Å². The van der Waals surface area contributed by atoms with Crippen LogP contribution in [0.3, 0.4) is 0 Å². The number of hydrogen-bond donors (Lipinski definition) is 5. The van der Waals surface area contributed by atoms with Crippen molar-refractivity contribution in [2.24, 2.45) is 0 Å². The molecule has 2 fully saturated rings. The Labute approximate surface area is 144 Å². The summed E-state index contributed by atoms with van der Waals surface area (Å²) in [7, 11) is 2.16. The summed E-state index contributed by atoms with van der Waals surface area (Å²) in [4.78, 5) is 4.31. The fourth-order valence-electron chi connectivity index (χ4n) is 1.98. The van der Waals surface area contributed by atoms with Crippen molar-refractivity contribution in [3.05, 3.63) is 0 Å². The summed E-state index contributed by atoms with van der Waals surface area (Å²) in [6, 6.07) is 0. The van der Waals surface area contributed by atoms with E-state index in [1.165, 1.54) is 13.1 Å². The monoisotopic (exact) mass is 414 g/mol. The van der Waals surface area contributed by atoms with Crippen LogP contribution in [0.15, 0.2) is 0 Å². The fourth-order valence-corrected chi connectivity index (χ4v) is 1.98. The second-order valence-electron chi connectivity index (χ2n) is 5.05. The van der Waals surface area contributed by atoms with Gasteiger partial charge in [-0.15, -0.1) is 0 Å². The van der Waals surface area contributed by atoms with Gasteiger partial charge in [-0.1, -0.05) is 22.6 Å². The zero-order valence-corrected chi connectivity index (χ0v) is 16.0. The molecule has 0 radical (unpaired) electrons. The number of hydrogen-bond acceptors (Lipinski definition) is 6. The van der Waals surface area contributed by atoms with Crippen molar-refractivity contribution < 1.29 is 0 Å². The molecule has 0 spiro atoms. The van der Waals surface area contributed by atoms with Gasteiger partial charge in [0, 0.05) is 78.5 Å². The van der Waals surface area contributed by atoms with Gasteiger partial charge in [-0.05, 0) is 12.0 Å². The predicted molar refractivity (Wildman–Crippen MR) is 102 cm³/mol. The highest BCUT2D eigenvalue weighted by Gasteiger charge is 1.99. The molecule has 2 saturated heterocycles. The van der Waals surface area contributed by atoms with Gasteiger partial charge in [0.2, 0.25) is 0 Å². The van der Waals surface area contributed by atoms with Crippen LogP contribution in [0.1, 0.15) is 0 Å². The minimum absolute atomic E-state index is 1.10. The Morgan fingerprint density at radius 1 is 0.524 bits per heavy atom. The summed E-state index contributed by atoms with van der Waals surface area (Å²) in [6.07, 6.45) is 0. The van der Waals surface area contributed by atoms with Gasteiger partial charge in [0.1, 0.15) is 0 Å². The van der Waals surface area contributed by atoms with Gasteiger partial charge in [-0.3, -0.25) is 0 Å². The standard InChI is InChI=1S/C7H17N3.C6H15N3.CH3I/c1-10-6-4-8-2-3-9-5-7-10;1-2-8-5-6-9-4-3-7-1;1-2/h8-9H,2-7H2,1H3;7-9H,1-6H2;1H3. The third kappa shape index (κ3) is 16.7. The van der Waals surface area contributed by atoms with Crippen molar-refractivity contribution in [1.29, 1.82) is 0 Å². The first kappa shape index (κ1) is 21.5. The molecular weight excluding hydrogens is 379 g/mol. The average molecular weight is 414 g/mol. The Morgan fingerprint density at radius 3 is 1.05 bits per heavy atom. The normalized spacial score (nSPS) is 22.4. The second kappa shape index (κ2) is 18.5. The molecule has 0 unspecified atom stereocenters. The average Bonchev–Trinajstić information content (AvgIpc) is 2.74. The van der Waals surface area contributed by atoms with Crippen LogP contribution in [0.2, 0.25) is 0 Å². The number of nitrogens with zero attached hydrogens (tertiary/aromatic N) is 1. The molecule has 2 rings (SSSR count). The van der Waals surface area contributed by atoms with Gasteiger partial charge < -0.3 is 31.5 Å². The Bertz CT molecular complexity index is 158. The van der Waals surface area contributed by atoms with Crippen LogP contribution in [0.4, 0.5) is 0 Å². The third-order valence-corrected chi connectivity index (χ3v) is 3.25. The highest BCUT2D eigenvalue weighted by atomic mass is 127. The number of nitrogens with one attached hydrogen (secondary N) is 5. The van der Waals surface area contributed by atoms with Crippen molar-refractivity contribution in [3.63, 3.8) is 0 Å². The number of alkyl halides is 1. The van der Waals surface area contributed by atoms with E-state index in [0.29, 0.717) is 0 Å². The van der Waals surface area contributed by atoms with E-state index in [1.807, 2.05) is 4.93 Å². The largest absolute Gasteiger partial charge is 0.314 e. The molecule has 0 aromatic rings. The minimum atomic E-state index is 1.10. The van der Waals surface area contributed by atoms with Gasteiger partial charge in [0.05, 0.1) is 0 Å². The van der Waals surface area contributed by atoms with E-state index in [9.17, 15) is 0 Å². The van der Waals surface area contributed by atoms with Crippen LogP contribution in [0, 0.1) is 0 Å². The molecule has 128 valence electrons. The number of likely N-dealkylation sites (N-methyl/N-ethyl adjacent to an activating group) is 1. The Balaban J connectivity index is 0.000000342. The molecule has 0 bridgehead atoms. The lowest BCUT2D eigenvalue weighted by Gasteiger charge is -2.13. The number of halogens is 1. The SMILES string of the molecule is C1CNCCNCCN1.CI.CN1CCNCCNCC1. The molecule has 0 aliphatic carbocycles. The summed E-state index contributed by atoms with van der Waals surface area (Å²) in [5.41, 5.74) is 0. The molecule has 6 nitrogen and oxygen atoms in total. The van der Waals surface area contributed by atoms with Crippen LogP contribution in [0.5, 0.6) is 0 Å². The van der Waals surface area contributed by atoms with Crippen LogP contribution in [-0.4, -0.2) is 95.4 Å². The lowest BCUT2D eigenvalue weighted by atomic mass is 10.5. The lowest BCUT2D eigenvalue weighted by Crippen LogP contribution is -2.30. The summed E-state index contributed by atoms with van der Waals surface area (Å²) in [5.74, 6) is 0. The fraction of sp³-hybridized carbons (Fsp3) is 1.00. The first-order valence-corrected chi connectivity index (χ1v) is 10.2. The van der Waals surface area contributed by atoms with E-state index in [0.717, 1.165) is 65.4 Å². The van der Waals surface area contributed by atoms with E-state index >= 15 is 0 Å². The summed E-state index contributed by atoms with van der Waals surface area (Å²) >= 11 is 2.15. The molecule has 5 N–H and O–H groups in total. The van der Waals surface area contributed by atoms with E-state index in [2.05, 4.69) is 61.1 Å². The maximum atomic E-state index is 3.35. The molecule has 2 aliphatic heterocycles. The first-order valence-electron chi connectivity index (χ1n) is 7.99. The van der Waals surface area contributed by atoms with Crippen LogP contribution >= 0.6 is 22.6 Å². The predicted octanol–water partition coefficient (Wildman–Crippen LogP) is -1.07. The quantitative estimate of drug-likeness (QED) is 0.257. The van der Waals surface area contributed by atoms with E-state index in [1.54, 1.807) is 0 Å². The molecule has 7 heteroatoms. The molecule has 0 aromatic heterocycles. The summed E-state index contributed by atoms with van der Waals surface area (Å²) in [6.45, 7) is 13.4. The minimum Gasteiger partial charge on any atom is -0.314 e. The number of rotatable bonds is 0. The third-order valence-electron chi connectivity index (χ3n) is 3.25. The van der Waals surface area contributed by atoms with Crippen LogP contribution < -0.4 is 26.6 Å². The highest BCUT2D eigenvalue weighted by Crippen LogP contribution is 1.80. The highest BCUT2D eigenvalue weighted by molar-refractivity contribution is 14.1. The zero-order chi connectivity index (χ0) is 15.6. The molecule has 0 amide bonds. The zero-order valence-electron chi connectivity index (χ0n) is 13.8. The van der Waals surface area contributed by atoms with Gasteiger partial charge in [0.25, 0.3) is 0 Å². The van der Waals surface area contributed by atoms with Crippen molar-refractivity contribution in [1.82, 2.24) is 31.5 Å². The van der Waals surface area contributed by atoms with Gasteiger partial charge in [0.15, 0.2) is 0 Å². The molecule has 2 heterocycles. The van der Waals surface area contributed by atoms with E-state index in [-0.39, 0.29) is 0 Å². The maximum Gasteiger partial charge on any atom is 0.0104 e. The summed E-state index contributed by atoms with van der Waals surface area (Å²) < 4.78 is 0. The Hall–Kier alpha value is 0.490. The van der Waals surface area contributed by atoms with Crippen molar-refractivity contribution in [3.8, 4) is 0 Å². The molecule has 0 atom stereocenters. The molecule has 2 aliphatic rings. The van der Waals surface area contributed by atoms with Gasteiger partial charge >= 0.3 is 0 Å². The van der Waals surface area contributed by atoms with Crippen LogP contribution in [-0.2, 0) is 0 Å². The van der Waals surface area contributed by atoms with Gasteiger partial charge in [-0.2, -0.15) is 0 Å². The Kier molecular flexibility index (Phi) is 19.0. The molecule has 0 aromatic carbocycles. The molecular formula is C14H35IN6. The van der Waals surface area contributed by atoms with Crippen molar-refractivity contribution in [2.75, 3.05) is 90.5 Å². The van der Waals surface area contributed by atoms with E-state index in [4.69, 9.17) is 0 Å².